The number of ether oxygens (including phenoxy) is 3. The number of pyridine rings is 1. The first-order chi connectivity index (χ1) is 15.0. The average Bonchev–Trinajstić information content (AvgIpc) is 3.27. The average molecular weight is 433 g/mol. The van der Waals surface area contributed by atoms with E-state index in [-0.39, 0.29) is 6.10 Å². The lowest BCUT2D eigenvalue weighted by molar-refractivity contribution is -0.0367. The van der Waals surface area contributed by atoms with Gasteiger partial charge in [0.1, 0.15) is 0 Å². The van der Waals surface area contributed by atoms with Crippen LogP contribution in [0.1, 0.15) is 58.4 Å². The quantitative estimate of drug-likeness (QED) is 0.475. The maximum atomic E-state index is 6.09. The van der Waals surface area contributed by atoms with E-state index in [4.69, 9.17) is 14.2 Å². The minimum atomic E-state index is 0.159. The molecule has 0 aliphatic carbocycles. The number of aliphatic imine (C=N–C) groups is 1. The second-order valence-corrected chi connectivity index (χ2v) is 9.12. The molecule has 2 fully saturated rings. The summed E-state index contributed by atoms with van der Waals surface area (Å²) in [6.45, 7) is 10.7. The second kappa shape index (κ2) is 12.2. The van der Waals surface area contributed by atoms with Crippen LogP contribution >= 0.6 is 0 Å². The summed E-state index contributed by atoms with van der Waals surface area (Å²) in [5.74, 6) is 2.23. The minimum Gasteiger partial charge on any atom is -0.475 e. The van der Waals surface area contributed by atoms with Crippen molar-refractivity contribution in [2.45, 2.75) is 77.7 Å². The predicted molar refractivity (Wildman–Crippen MR) is 124 cm³/mol. The van der Waals surface area contributed by atoms with Gasteiger partial charge in [-0.1, -0.05) is 13.8 Å². The highest BCUT2D eigenvalue weighted by molar-refractivity contribution is 5.79. The molecule has 2 aliphatic rings. The zero-order valence-electron chi connectivity index (χ0n) is 19.7. The molecular weight excluding hydrogens is 392 g/mol. The highest BCUT2D eigenvalue weighted by atomic mass is 16.5. The molecule has 2 unspecified atom stereocenters. The normalized spacial score (nSPS) is 21.5. The number of aromatic nitrogens is 1. The van der Waals surface area contributed by atoms with Crippen molar-refractivity contribution in [1.82, 2.24) is 15.2 Å². The fraction of sp³-hybridized carbons (Fsp3) is 0.750. The molecule has 1 N–H and O–H groups in total. The number of hydrogen-bond acceptors (Lipinski definition) is 5. The van der Waals surface area contributed by atoms with Gasteiger partial charge in [-0.25, -0.2) is 4.98 Å². The maximum absolute atomic E-state index is 6.09. The monoisotopic (exact) mass is 432 g/mol. The smallest absolute Gasteiger partial charge is 0.213 e. The van der Waals surface area contributed by atoms with Gasteiger partial charge >= 0.3 is 0 Å². The molecule has 0 spiro atoms. The molecule has 0 aromatic carbocycles. The Labute approximate surface area is 187 Å². The molecule has 0 amide bonds. The Bertz CT molecular complexity index is 683. The van der Waals surface area contributed by atoms with E-state index in [0.29, 0.717) is 30.6 Å². The van der Waals surface area contributed by atoms with Crippen LogP contribution in [0, 0.1) is 5.92 Å². The summed E-state index contributed by atoms with van der Waals surface area (Å²) >= 11 is 0. The largest absolute Gasteiger partial charge is 0.475 e. The summed E-state index contributed by atoms with van der Waals surface area (Å²) in [5.41, 5.74) is 1.14. The van der Waals surface area contributed by atoms with Crippen LogP contribution in [0.25, 0.3) is 0 Å². The van der Waals surface area contributed by atoms with Crippen molar-refractivity contribution in [3.63, 3.8) is 0 Å². The first-order valence-corrected chi connectivity index (χ1v) is 11.8. The standard InChI is InChI=1S/C24H40N4O3/c1-18(2)14-19(3)31-23-15-20(7-10-26-23)16-27-24(25-4)28-11-8-21(9-12-28)30-17-22-6-5-13-29-22/h7,10,15,18-19,21-22H,5-6,8-9,11-14,16-17H2,1-4H3,(H,25,27). The molecule has 1 aromatic heterocycles. The summed E-state index contributed by atoms with van der Waals surface area (Å²) in [4.78, 5) is 11.2. The Balaban J connectivity index is 1.41. The zero-order valence-corrected chi connectivity index (χ0v) is 19.7. The summed E-state index contributed by atoms with van der Waals surface area (Å²) in [5, 5.41) is 3.49. The fourth-order valence-corrected chi connectivity index (χ4v) is 4.31. The number of likely N-dealkylation sites (tertiary alicyclic amines) is 1. The lowest BCUT2D eigenvalue weighted by atomic mass is 10.1. The van der Waals surface area contributed by atoms with Gasteiger partial charge in [-0.3, -0.25) is 4.99 Å². The molecule has 3 heterocycles. The van der Waals surface area contributed by atoms with E-state index in [1.54, 1.807) is 0 Å². The molecule has 2 atom stereocenters. The molecule has 2 aliphatic heterocycles. The van der Waals surface area contributed by atoms with Gasteiger partial charge in [-0.2, -0.15) is 0 Å². The fourth-order valence-electron chi connectivity index (χ4n) is 4.31. The lowest BCUT2D eigenvalue weighted by Gasteiger charge is -2.34. The topological polar surface area (TPSA) is 68.2 Å². The Morgan fingerprint density at radius 3 is 2.77 bits per heavy atom. The number of nitrogens with zero attached hydrogens (tertiary/aromatic N) is 3. The molecule has 0 radical (unpaired) electrons. The highest BCUT2D eigenvalue weighted by Gasteiger charge is 2.24. The zero-order chi connectivity index (χ0) is 22.1. The van der Waals surface area contributed by atoms with Crippen molar-refractivity contribution in [1.29, 1.82) is 0 Å². The number of nitrogens with one attached hydrogen (secondary N) is 1. The number of rotatable bonds is 9. The van der Waals surface area contributed by atoms with Gasteiger partial charge in [0.05, 0.1) is 24.9 Å². The third-order valence-electron chi connectivity index (χ3n) is 5.87. The van der Waals surface area contributed by atoms with Gasteiger partial charge in [-0.15, -0.1) is 0 Å². The van der Waals surface area contributed by atoms with Gasteiger partial charge in [-0.05, 0) is 56.6 Å². The van der Waals surface area contributed by atoms with Gasteiger partial charge in [0.2, 0.25) is 5.88 Å². The molecule has 1 aromatic rings. The van der Waals surface area contributed by atoms with E-state index >= 15 is 0 Å². The second-order valence-electron chi connectivity index (χ2n) is 9.12. The van der Waals surface area contributed by atoms with Gasteiger partial charge < -0.3 is 24.4 Å². The van der Waals surface area contributed by atoms with E-state index in [1.807, 2.05) is 25.4 Å². The van der Waals surface area contributed by atoms with Crippen LogP contribution < -0.4 is 10.1 Å². The van der Waals surface area contributed by atoms with Crippen LogP contribution in [-0.4, -0.2) is 67.5 Å². The number of guanidine groups is 1. The van der Waals surface area contributed by atoms with Crippen molar-refractivity contribution in [3.8, 4) is 5.88 Å². The minimum absolute atomic E-state index is 0.159. The van der Waals surface area contributed by atoms with E-state index in [0.717, 1.165) is 69.9 Å². The van der Waals surface area contributed by atoms with E-state index in [1.165, 1.54) is 0 Å². The van der Waals surface area contributed by atoms with E-state index in [2.05, 4.69) is 41.0 Å². The van der Waals surface area contributed by atoms with Crippen molar-refractivity contribution in [2.75, 3.05) is 33.4 Å². The van der Waals surface area contributed by atoms with Crippen LogP contribution in [0.5, 0.6) is 5.88 Å². The molecule has 0 saturated carbocycles. The third kappa shape index (κ3) is 7.96. The maximum Gasteiger partial charge on any atom is 0.213 e. The Kier molecular flexibility index (Phi) is 9.40. The van der Waals surface area contributed by atoms with Crippen molar-refractivity contribution in [2.24, 2.45) is 10.9 Å². The predicted octanol–water partition coefficient (Wildman–Crippen LogP) is 3.63. The molecule has 2 saturated heterocycles. The van der Waals surface area contributed by atoms with Crippen LogP contribution in [0.3, 0.4) is 0 Å². The molecule has 7 nitrogen and oxygen atoms in total. The number of piperidine rings is 1. The van der Waals surface area contributed by atoms with Crippen molar-refractivity contribution < 1.29 is 14.2 Å². The van der Waals surface area contributed by atoms with E-state index < -0.39 is 0 Å². The van der Waals surface area contributed by atoms with Gasteiger partial charge in [0.15, 0.2) is 5.96 Å². The molecule has 31 heavy (non-hydrogen) atoms. The summed E-state index contributed by atoms with van der Waals surface area (Å²) in [6.07, 6.45) is 7.96. The Morgan fingerprint density at radius 1 is 1.29 bits per heavy atom. The van der Waals surface area contributed by atoms with Crippen LogP contribution in [0.15, 0.2) is 23.3 Å². The highest BCUT2D eigenvalue weighted by Crippen LogP contribution is 2.18. The van der Waals surface area contributed by atoms with Gasteiger partial charge in [0.25, 0.3) is 0 Å². The van der Waals surface area contributed by atoms with Crippen molar-refractivity contribution >= 4 is 5.96 Å². The lowest BCUT2D eigenvalue weighted by Crippen LogP contribution is -2.47. The first-order valence-electron chi connectivity index (χ1n) is 11.8. The van der Waals surface area contributed by atoms with Crippen LogP contribution in [0.2, 0.25) is 0 Å². The Hall–Kier alpha value is -1.86. The van der Waals surface area contributed by atoms with Gasteiger partial charge in [0, 0.05) is 45.6 Å². The molecule has 0 bridgehead atoms. The molecule has 174 valence electrons. The van der Waals surface area contributed by atoms with Crippen molar-refractivity contribution in [3.05, 3.63) is 23.9 Å². The van der Waals surface area contributed by atoms with E-state index in [9.17, 15) is 0 Å². The summed E-state index contributed by atoms with van der Waals surface area (Å²) in [6, 6.07) is 4.04. The van der Waals surface area contributed by atoms with Crippen LogP contribution in [0.4, 0.5) is 0 Å². The third-order valence-corrected chi connectivity index (χ3v) is 5.87. The molecular formula is C24H40N4O3. The summed E-state index contributed by atoms with van der Waals surface area (Å²) in [7, 11) is 1.84. The number of hydrogen-bond donors (Lipinski definition) is 1. The Morgan fingerprint density at radius 2 is 2.10 bits per heavy atom. The first kappa shape index (κ1) is 23.8. The molecule has 3 rings (SSSR count). The summed E-state index contributed by atoms with van der Waals surface area (Å²) < 4.78 is 17.7. The SMILES string of the molecule is CN=C(NCc1ccnc(OC(C)CC(C)C)c1)N1CCC(OCC2CCCO2)CC1. The molecule has 7 heteroatoms. The van der Waals surface area contributed by atoms with Crippen LogP contribution in [-0.2, 0) is 16.0 Å².